The van der Waals surface area contributed by atoms with Gasteiger partial charge in [0, 0.05) is 13.6 Å². The Labute approximate surface area is 176 Å². The van der Waals surface area contributed by atoms with Crippen LogP contribution in [-0.2, 0) is 14.0 Å². The summed E-state index contributed by atoms with van der Waals surface area (Å²) in [5.74, 6) is 1.23. The number of aromatic nitrogens is 4. The Bertz CT molecular complexity index is 967. The second-order valence-corrected chi connectivity index (χ2v) is 9.60. The van der Waals surface area contributed by atoms with Crippen LogP contribution in [0.2, 0.25) is 5.28 Å². The van der Waals surface area contributed by atoms with Crippen LogP contribution in [0.5, 0.6) is 0 Å². The maximum Gasteiger partial charge on any atom is 0.350 e. The fourth-order valence-electron chi connectivity index (χ4n) is 3.49. The van der Waals surface area contributed by atoms with Crippen LogP contribution in [0.3, 0.4) is 0 Å². The molecule has 0 unspecified atom stereocenters. The third-order valence-electron chi connectivity index (χ3n) is 5.12. The van der Waals surface area contributed by atoms with Gasteiger partial charge in [0.1, 0.15) is 30.5 Å². The van der Waals surface area contributed by atoms with E-state index in [1.165, 1.54) is 17.5 Å². The van der Waals surface area contributed by atoms with Gasteiger partial charge in [-0.25, -0.2) is 4.68 Å². The molecule has 0 radical (unpaired) electrons. The van der Waals surface area contributed by atoms with Crippen LogP contribution in [-0.4, -0.2) is 84.6 Å². The molecule has 0 amide bonds. The van der Waals surface area contributed by atoms with Crippen molar-refractivity contribution in [2.45, 2.75) is 37.4 Å². The summed E-state index contributed by atoms with van der Waals surface area (Å²) in [4.78, 5) is 28.3. The van der Waals surface area contributed by atoms with Crippen molar-refractivity contribution >= 4 is 36.0 Å². The van der Waals surface area contributed by atoms with E-state index in [-0.39, 0.29) is 11.9 Å². The van der Waals surface area contributed by atoms with Crippen molar-refractivity contribution in [3.63, 3.8) is 0 Å². The highest BCUT2D eigenvalue weighted by Crippen LogP contribution is 2.37. The molecule has 30 heavy (non-hydrogen) atoms. The van der Waals surface area contributed by atoms with Crippen molar-refractivity contribution in [2.75, 3.05) is 31.4 Å². The third-order valence-corrected chi connectivity index (χ3v) is 5.80. The lowest BCUT2D eigenvalue weighted by atomic mass is 10.1. The molecule has 14 heteroatoms. The highest BCUT2D eigenvalue weighted by Gasteiger charge is 2.45. The smallest absolute Gasteiger partial charge is 0.350 e. The van der Waals surface area contributed by atoms with Gasteiger partial charge >= 0.3 is 7.60 Å². The minimum atomic E-state index is -4.36. The molecular formula is C16H23ClN5O7P. The van der Waals surface area contributed by atoms with E-state index in [2.05, 4.69) is 15.1 Å². The van der Waals surface area contributed by atoms with Crippen molar-refractivity contribution in [3.8, 4) is 0 Å². The number of aliphatic hydroxyl groups is 2. The summed E-state index contributed by atoms with van der Waals surface area (Å²) < 4.78 is 22.8. The van der Waals surface area contributed by atoms with E-state index in [1.54, 1.807) is 6.20 Å². The van der Waals surface area contributed by atoms with Crippen LogP contribution in [0.25, 0.3) is 11.0 Å². The molecule has 1 aliphatic heterocycles. The zero-order chi connectivity index (χ0) is 21.6. The van der Waals surface area contributed by atoms with Gasteiger partial charge in [0.15, 0.2) is 11.9 Å². The van der Waals surface area contributed by atoms with Gasteiger partial charge in [0.05, 0.1) is 18.2 Å². The van der Waals surface area contributed by atoms with E-state index in [0.717, 1.165) is 6.54 Å². The lowest BCUT2D eigenvalue weighted by molar-refractivity contribution is -0.0658. The number of hydrogen-bond acceptors (Lipinski definition) is 9. The van der Waals surface area contributed by atoms with Gasteiger partial charge < -0.3 is 34.4 Å². The monoisotopic (exact) mass is 463 g/mol. The summed E-state index contributed by atoms with van der Waals surface area (Å²) in [6.07, 6.45) is -1.72. The second kappa shape index (κ2) is 8.29. The molecule has 4 N–H and O–H groups in total. The van der Waals surface area contributed by atoms with Gasteiger partial charge in [-0.15, -0.1) is 0 Å². The summed E-state index contributed by atoms with van der Waals surface area (Å²) in [6, 6.07) is 0. The first-order valence-corrected chi connectivity index (χ1v) is 11.6. The molecule has 1 aliphatic carbocycles. The summed E-state index contributed by atoms with van der Waals surface area (Å²) in [6.45, 7) is 0.512. The van der Waals surface area contributed by atoms with E-state index < -0.39 is 38.5 Å². The molecule has 1 saturated heterocycles. The SMILES string of the molecule is CN(CC1CC1)c1nc(Cl)nc2c1cnn2[C@@H]1O[C@H](COCP(=O)(O)O)[C@@H](O)[C@H]1O. The first-order valence-electron chi connectivity index (χ1n) is 9.40. The molecule has 2 fully saturated rings. The maximum absolute atomic E-state index is 10.9. The van der Waals surface area contributed by atoms with Gasteiger partial charge in [-0.05, 0) is 30.4 Å². The van der Waals surface area contributed by atoms with E-state index in [4.69, 9.17) is 30.9 Å². The summed E-state index contributed by atoms with van der Waals surface area (Å²) in [5.41, 5.74) is 0.334. The Kier molecular flexibility index (Phi) is 6.03. The van der Waals surface area contributed by atoms with Crippen LogP contribution in [0.4, 0.5) is 5.82 Å². The highest BCUT2D eigenvalue weighted by atomic mass is 35.5. The Hall–Kier alpha value is -1.37. The van der Waals surface area contributed by atoms with Crippen molar-refractivity contribution in [3.05, 3.63) is 11.5 Å². The van der Waals surface area contributed by atoms with E-state index >= 15 is 0 Å². The standard InChI is InChI=1S/C16H23ClN5O7P/c1-21(5-8-2-3-8)13-9-4-18-22(14(9)20-16(17)19-13)15-12(24)11(23)10(29-15)6-28-7-30(25,26)27/h4,8,10-12,15,23-24H,2-3,5-7H2,1H3,(H2,25,26,27)/t10-,11-,12-,15-/m1/s1. The van der Waals surface area contributed by atoms with Gasteiger partial charge in [-0.1, -0.05) is 0 Å². The molecule has 12 nitrogen and oxygen atoms in total. The van der Waals surface area contributed by atoms with E-state index in [1.807, 2.05) is 11.9 Å². The lowest BCUT2D eigenvalue weighted by Crippen LogP contribution is -2.34. The predicted molar refractivity (Wildman–Crippen MR) is 105 cm³/mol. The Morgan fingerprint density at radius 1 is 1.33 bits per heavy atom. The Morgan fingerprint density at radius 3 is 2.73 bits per heavy atom. The Balaban J connectivity index is 1.56. The van der Waals surface area contributed by atoms with Crippen LogP contribution >= 0.6 is 19.2 Å². The van der Waals surface area contributed by atoms with Crippen molar-refractivity contribution in [2.24, 2.45) is 5.92 Å². The minimum Gasteiger partial charge on any atom is -0.387 e. The molecule has 2 aromatic rings. The molecule has 3 heterocycles. The summed E-state index contributed by atoms with van der Waals surface area (Å²) >= 11 is 6.12. The van der Waals surface area contributed by atoms with E-state index in [9.17, 15) is 14.8 Å². The average Bonchev–Trinajstić information content (AvgIpc) is 3.31. The molecule has 4 atom stereocenters. The molecule has 4 rings (SSSR count). The molecule has 2 aliphatic rings. The molecule has 0 spiro atoms. The number of anilines is 1. The zero-order valence-electron chi connectivity index (χ0n) is 16.1. The number of halogens is 1. The fourth-order valence-corrected chi connectivity index (χ4v) is 4.00. The van der Waals surface area contributed by atoms with Crippen molar-refractivity contribution in [1.29, 1.82) is 0 Å². The van der Waals surface area contributed by atoms with Gasteiger partial charge in [-0.2, -0.15) is 15.1 Å². The van der Waals surface area contributed by atoms with Gasteiger partial charge in [0.2, 0.25) is 5.28 Å². The highest BCUT2D eigenvalue weighted by molar-refractivity contribution is 7.51. The van der Waals surface area contributed by atoms with Crippen LogP contribution in [0.15, 0.2) is 6.20 Å². The summed E-state index contributed by atoms with van der Waals surface area (Å²) in [5, 5.41) is 25.6. The van der Waals surface area contributed by atoms with Crippen LogP contribution in [0.1, 0.15) is 19.1 Å². The molecule has 1 saturated carbocycles. The van der Waals surface area contributed by atoms with Crippen molar-refractivity contribution < 1.29 is 34.0 Å². The number of rotatable bonds is 8. The third kappa shape index (κ3) is 4.61. The number of aliphatic hydroxyl groups excluding tert-OH is 2. The molecular weight excluding hydrogens is 441 g/mol. The van der Waals surface area contributed by atoms with Crippen LogP contribution in [0, 0.1) is 5.92 Å². The molecule has 0 aromatic carbocycles. The fraction of sp³-hybridized carbons (Fsp3) is 0.688. The number of ether oxygens (including phenoxy) is 2. The first-order chi connectivity index (χ1) is 14.1. The topological polar surface area (TPSA) is 163 Å². The summed E-state index contributed by atoms with van der Waals surface area (Å²) in [7, 11) is -2.45. The van der Waals surface area contributed by atoms with Crippen LogP contribution < -0.4 is 4.90 Å². The normalized spacial score (nSPS) is 27.1. The average molecular weight is 464 g/mol. The van der Waals surface area contributed by atoms with Gasteiger partial charge in [0.25, 0.3) is 0 Å². The first kappa shape index (κ1) is 21.8. The van der Waals surface area contributed by atoms with Crippen molar-refractivity contribution in [1.82, 2.24) is 19.7 Å². The second-order valence-electron chi connectivity index (χ2n) is 7.68. The number of fused-ring (bicyclic) bond motifs is 1. The van der Waals surface area contributed by atoms with Gasteiger partial charge in [-0.3, -0.25) is 4.57 Å². The Morgan fingerprint density at radius 2 is 2.07 bits per heavy atom. The zero-order valence-corrected chi connectivity index (χ0v) is 17.7. The predicted octanol–water partition coefficient (Wildman–Crippen LogP) is 0.0969. The molecule has 2 aromatic heterocycles. The minimum absolute atomic E-state index is 0.0106. The largest absolute Gasteiger partial charge is 0.387 e. The number of nitrogens with zero attached hydrogens (tertiary/aromatic N) is 5. The molecule has 0 bridgehead atoms. The lowest BCUT2D eigenvalue weighted by Gasteiger charge is -2.19. The molecule has 166 valence electrons. The number of hydrogen-bond donors (Lipinski definition) is 4. The maximum atomic E-state index is 10.9. The quantitative estimate of drug-likeness (QED) is 0.310. The van der Waals surface area contributed by atoms with E-state index in [0.29, 0.717) is 22.8 Å².